The van der Waals surface area contributed by atoms with Gasteiger partial charge in [-0.3, -0.25) is 19.2 Å². The molecule has 9 heteroatoms. The van der Waals surface area contributed by atoms with Crippen LogP contribution in [0.15, 0.2) is 55.4 Å². The number of likely N-dealkylation sites (N-methyl/N-ethyl adjacent to an activating group) is 1. The summed E-state index contributed by atoms with van der Waals surface area (Å²) in [6.45, 7) is 8.95. The van der Waals surface area contributed by atoms with Crippen LogP contribution in [0.2, 0.25) is 0 Å². The summed E-state index contributed by atoms with van der Waals surface area (Å²) >= 11 is 0. The Morgan fingerprint density at radius 2 is 1.81 bits per heavy atom. The van der Waals surface area contributed by atoms with Crippen LogP contribution in [-0.4, -0.2) is 47.8 Å². The van der Waals surface area contributed by atoms with Gasteiger partial charge < -0.3 is 19.9 Å². The molecule has 2 N–H and O–H groups in total. The zero-order valence-electron chi connectivity index (χ0n) is 21.0. The molecule has 0 radical (unpaired) electrons. The van der Waals surface area contributed by atoms with Crippen LogP contribution in [0.5, 0.6) is 0 Å². The minimum Gasteiger partial charge on any atom is -0.461 e. The third-order valence-electron chi connectivity index (χ3n) is 5.53. The smallest absolute Gasteiger partial charge is 0.308 e. The number of aromatic nitrogens is 1. The quantitative estimate of drug-likeness (QED) is 0.282. The standard InChI is InChI=1S/C27H32N4O5/c1-6-13-36-23(33)15-21(25(34)30-24(26(35)29-5)27(2,3)4)31-12-11-20(17-31)22(32)14-18-7-9-19(16-28)10-8-18/h6-12,17,21,24H,1,13-15H2,2-5H3,(H,29,35)(H,30,34). The average molecular weight is 493 g/mol. The second-order valence-corrected chi connectivity index (χ2v) is 9.37. The van der Waals surface area contributed by atoms with Gasteiger partial charge >= 0.3 is 5.97 Å². The van der Waals surface area contributed by atoms with Crippen molar-refractivity contribution >= 4 is 23.6 Å². The molecule has 0 saturated carbocycles. The number of rotatable bonds is 11. The molecule has 1 heterocycles. The second kappa shape index (κ2) is 12.5. The van der Waals surface area contributed by atoms with E-state index in [4.69, 9.17) is 10.00 Å². The van der Waals surface area contributed by atoms with Gasteiger partial charge in [-0.05, 0) is 29.2 Å². The van der Waals surface area contributed by atoms with E-state index >= 15 is 0 Å². The summed E-state index contributed by atoms with van der Waals surface area (Å²) < 4.78 is 6.54. The lowest BCUT2D eigenvalue weighted by Crippen LogP contribution is -2.54. The molecule has 0 aliphatic carbocycles. The number of hydrogen-bond donors (Lipinski definition) is 2. The normalized spacial score (nSPS) is 12.5. The molecule has 36 heavy (non-hydrogen) atoms. The number of hydrogen-bond acceptors (Lipinski definition) is 6. The molecule has 0 spiro atoms. The van der Waals surface area contributed by atoms with Gasteiger partial charge in [-0.2, -0.15) is 5.26 Å². The number of amides is 2. The highest BCUT2D eigenvalue weighted by Crippen LogP contribution is 2.22. The molecule has 1 aromatic heterocycles. The van der Waals surface area contributed by atoms with Gasteiger partial charge in [-0.15, -0.1) is 0 Å². The number of nitrogens with one attached hydrogen (secondary N) is 2. The van der Waals surface area contributed by atoms with Gasteiger partial charge in [0, 0.05) is 31.4 Å². The summed E-state index contributed by atoms with van der Waals surface area (Å²) in [5.41, 5.74) is 1.01. The molecule has 2 atom stereocenters. The highest BCUT2D eigenvalue weighted by Gasteiger charge is 2.35. The van der Waals surface area contributed by atoms with Gasteiger partial charge in [0.25, 0.3) is 0 Å². The molecule has 1 aromatic carbocycles. The van der Waals surface area contributed by atoms with Crippen molar-refractivity contribution in [2.75, 3.05) is 13.7 Å². The molecule has 2 unspecified atom stereocenters. The van der Waals surface area contributed by atoms with Gasteiger partial charge in [0.1, 0.15) is 18.7 Å². The Bertz CT molecular complexity index is 1150. The summed E-state index contributed by atoms with van der Waals surface area (Å²) in [6, 6.07) is 8.41. The zero-order valence-corrected chi connectivity index (χ0v) is 21.0. The van der Waals surface area contributed by atoms with E-state index < -0.39 is 29.4 Å². The predicted octanol–water partition coefficient (Wildman–Crippen LogP) is 2.72. The molecular formula is C27H32N4O5. The first-order chi connectivity index (χ1) is 17.0. The minimum absolute atomic E-state index is 0.00393. The van der Waals surface area contributed by atoms with Gasteiger partial charge in [-0.1, -0.05) is 45.6 Å². The van der Waals surface area contributed by atoms with Crippen molar-refractivity contribution in [1.29, 1.82) is 5.26 Å². The lowest BCUT2D eigenvalue weighted by molar-refractivity contribution is -0.145. The van der Waals surface area contributed by atoms with Gasteiger partial charge in [0.2, 0.25) is 11.8 Å². The number of benzene rings is 1. The van der Waals surface area contributed by atoms with Crippen molar-refractivity contribution < 1.29 is 23.9 Å². The fourth-order valence-corrected chi connectivity index (χ4v) is 3.52. The number of nitrogens with zero attached hydrogens (tertiary/aromatic N) is 2. The number of Topliss-reactive ketones (excluding diaryl/α,β-unsaturated/α-hetero) is 1. The van der Waals surface area contributed by atoms with Gasteiger partial charge in [0.15, 0.2) is 5.78 Å². The Morgan fingerprint density at radius 1 is 1.14 bits per heavy atom. The van der Waals surface area contributed by atoms with Crippen molar-refractivity contribution in [3.8, 4) is 6.07 Å². The number of ether oxygens (including phenoxy) is 1. The molecule has 0 aliphatic rings. The predicted molar refractivity (Wildman–Crippen MR) is 134 cm³/mol. The lowest BCUT2D eigenvalue weighted by Gasteiger charge is -2.31. The summed E-state index contributed by atoms with van der Waals surface area (Å²) in [5, 5.41) is 14.2. The molecule has 0 bridgehead atoms. The number of carbonyl (C=O) groups excluding carboxylic acids is 4. The highest BCUT2D eigenvalue weighted by atomic mass is 16.5. The molecule has 2 amide bonds. The number of nitriles is 1. The zero-order chi connectivity index (χ0) is 26.9. The van der Waals surface area contributed by atoms with E-state index in [9.17, 15) is 19.2 Å². The first kappa shape index (κ1) is 28.1. The molecular weight excluding hydrogens is 460 g/mol. The maximum Gasteiger partial charge on any atom is 0.308 e. The second-order valence-electron chi connectivity index (χ2n) is 9.37. The molecule has 2 rings (SSSR count). The molecule has 0 saturated heterocycles. The van der Waals surface area contributed by atoms with E-state index in [-0.39, 0.29) is 31.1 Å². The van der Waals surface area contributed by atoms with E-state index in [1.807, 2.05) is 26.8 Å². The van der Waals surface area contributed by atoms with Crippen LogP contribution >= 0.6 is 0 Å². The third-order valence-corrected chi connectivity index (χ3v) is 5.53. The maximum atomic E-state index is 13.3. The van der Waals surface area contributed by atoms with Crippen molar-refractivity contribution in [1.82, 2.24) is 15.2 Å². The molecule has 0 aliphatic heterocycles. The topological polar surface area (TPSA) is 130 Å². The van der Waals surface area contributed by atoms with Crippen LogP contribution in [0.1, 0.15) is 54.7 Å². The van der Waals surface area contributed by atoms with Crippen molar-refractivity contribution in [3.05, 3.63) is 72.1 Å². The van der Waals surface area contributed by atoms with Crippen molar-refractivity contribution in [3.63, 3.8) is 0 Å². The van der Waals surface area contributed by atoms with Crippen LogP contribution < -0.4 is 10.6 Å². The summed E-state index contributed by atoms with van der Waals surface area (Å²) in [4.78, 5) is 50.9. The number of esters is 1. The molecule has 190 valence electrons. The summed E-state index contributed by atoms with van der Waals surface area (Å²) in [6.07, 6.45) is 4.27. The number of carbonyl (C=O) groups is 4. The maximum absolute atomic E-state index is 13.3. The Kier molecular flexibility index (Phi) is 9.74. The molecule has 2 aromatic rings. The van der Waals surface area contributed by atoms with Gasteiger partial charge in [-0.25, -0.2) is 0 Å². The Hall–Kier alpha value is -4.19. The lowest BCUT2D eigenvalue weighted by atomic mass is 9.86. The van der Waals surface area contributed by atoms with E-state index in [0.29, 0.717) is 11.1 Å². The molecule has 0 fully saturated rings. The van der Waals surface area contributed by atoms with Crippen LogP contribution in [0.4, 0.5) is 0 Å². The highest BCUT2D eigenvalue weighted by molar-refractivity contribution is 5.97. The van der Waals surface area contributed by atoms with E-state index in [2.05, 4.69) is 17.2 Å². The van der Waals surface area contributed by atoms with Gasteiger partial charge in [0.05, 0.1) is 18.1 Å². The first-order valence-corrected chi connectivity index (χ1v) is 11.5. The van der Waals surface area contributed by atoms with E-state index in [1.54, 1.807) is 36.5 Å². The van der Waals surface area contributed by atoms with E-state index in [1.165, 1.54) is 23.9 Å². The molecule has 9 nitrogen and oxygen atoms in total. The summed E-state index contributed by atoms with van der Waals surface area (Å²) in [5.74, 6) is -1.74. The SMILES string of the molecule is C=CCOC(=O)CC(C(=O)NC(C(=O)NC)C(C)(C)C)n1ccc(C(=O)Cc2ccc(C#N)cc2)c1. The number of ketones is 1. The van der Waals surface area contributed by atoms with Crippen LogP contribution in [-0.2, 0) is 25.5 Å². The van der Waals surface area contributed by atoms with Crippen molar-refractivity contribution in [2.24, 2.45) is 5.41 Å². The van der Waals surface area contributed by atoms with Crippen LogP contribution in [0, 0.1) is 16.7 Å². The average Bonchev–Trinajstić information content (AvgIpc) is 3.33. The fraction of sp³-hybridized carbons (Fsp3) is 0.370. The fourth-order valence-electron chi connectivity index (χ4n) is 3.52. The third kappa shape index (κ3) is 7.67. The Balaban J connectivity index is 2.28. The van der Waals surface area contributed by atoms with Crippen molar-refractivity contribution in [2.45, 2.75) is 45.7 Å². The summed E-state index contributed by atoms with van der Waals surface area (Å²) in [7, 11) is 1.48. The Morgan fingerprint density at radius 3 is 2.36 bits per heavy atom. The largest absolute Gasteiger partial charge is 0.461 e. The van der Waals surface area contributed by atoms with Crippen LogP contribution in [0.25, 0.3) is 0 Å². The Labute approximate surface area is 211 Å². The van der Waals surface area contributed by atoms with Crippen LogP contribution in [0.3, 0.4) is 0 Å². The van der Waals surface area contributed by atoms with E-state index in [0.717, 1.165) is 5.56 Å². The first-order valence-electron chi connectivity index (χ1n) is 11.5. The monoisotopic (exact) mass is 492 g/mol. The minimum atomic E-state index is -1.05.